The Labute approximate surface area is 160 Å². The molecule has 5 rings (SSSR count). The average Bonchev–Trinajstić information content (AvgIpc) is 3.21. The van der Waals surface area contributed by atoms with Crippen molar-refractivity contribution in [3.05, 3.63) is 34.9 Å². The second-order valence-electron chi connectivity index (χ2n) is 8.70. The zero-order chi connectivity index (χ0) is 17.7. The van der Waals surface area contributed by atoms with Crippen LogP contribution in [0.15, 0.2) is 24.3 Å². The Morgan fingerprint density at radius 1 is 1.27 bits per heavy atom. The van der Waals surface area contributed by atoms with Crippen molar-refractivity contribution in [1.29, 1.82) is 0 Å². The summed E-state index contributed by atoms with van der Waals surface area (Å²) in [4.78, 5) is 14.8. The van der Waals surface area contributed by atoms with E-state index in [1.165, 1.54) is 18.4 Å². The monoisotopic (exact) mass is 374 g/mol. The molecule has 5 heteroatoms. The van der Waals surface area contributed by atoms with Crippen LogP contribution >= 0.6 is 11.6 Å². The molecule has 4 fully saturated rings. The Kier molecular flexibility index (Phi) is 4.26. The third-order valence-electron chi connectivity index (χ3n) is 7.16. The predicted molar refractivity (Wildman–Crippen MR) is 101 cm³/mol. The van der Waals surface area contributed by atoms with Crippen LogP contribution < -0.4 is 5.32 Å². The molecule has 4 nitrogen and oxygen atoms in total. The van der Waals surface area contributed by atoms with E-state index in [0.29, 0.717) is 17.9 Å². The maximum atomic E-state index is 12.2. The first kappa shape index (κ1) is 17.0. The third-order valence-corrected chi connectivity index (χ3v) is 7.41. The molecule has 1 N–H and O–H groups in total. The number of hydrogen-bond acceptors (Lipinski definition) is 3. The number of rotatable bonds is 5. The van der Waals surface area contributed by atoms with Crippen LogP contribution in [0.1, 0.15) is 37.7 Å². The lowest BCUT2D eigenvalue weighted by molar-refractivity contribution is -0.127. The Hall–Kier alpha value is -1.10. The number of fused-ring (bicyclic) bond motifs is 1. The minimum absolute atomic E-state index is 0.0307. The van der Waals surface area contributed by atoms with Gasteiger partial charge in [-0.2, -0.15) is 0 Å². The maximum absolute atomic E-state index is 12.2. The van der Waals surface area contributed by atoms with Crippen LogP contribution in [-0.4, -0.2) is 42.1 Å². The fraction of sp³-hybridized carbons (Fsp3) is 0.667. The van der Waals surface area contributed by atoms with Crippen molar-refractivity contribution >= 4 is 17.5 Å². The number of nitrogens with zero attached hydrogens (tertiary/aromatic N) is 1. The fourth-order valence-electron chi connectivity index (χ4n) is 5.56. The number of ether oxygens (including phenoxy) is 1. The van der Waals surface area contributed by atoms with Crippen molar-refractivity contribution in [3.63, 3.8) is 0 Å². The molecule has 3 heterocycles. The number of carbonyl (C=O) groups is 1. The standard InChI is InChI=1S/C21H27ClN2O2/c22-16-6-4-14(5-7-16)11-24-12-18-17(10-23-20(25)15-2-1-3-15)19-8-9-21(18,13-24)26-19/h4-7,15,17-19H,1-3,8-13H2,(H,23,25)/t17-,18+,19+,21+/m0/s1. The molecule has 3 aliphatic heterocycles. The van der Waals surface area contributed by atoms with Gasteiger partial charge < -0.3 is 10.1 Å². The number of nitrogens with one attached hydrogen (secondary N) is 1. The van der Waals surface area contributed by atoms with E-state index in [-0.39, 0.29) is 17.4 Å². The molecule has 1 aromatic rings. The molecular formula is C21H27ClN2O2. The lowest BCUT2D eigenvalue weighted by Gasteiger charge is -2.31. The zero-order valence-electron chi connectivity index (χ0n) is 15.1. The normalized spacial score (nSPS) is 36.1. The lowest BCUT2D eigenvalue weighted by atomic mass is 9.73. The quantitative estimate of drug-likeness (QED) is 0.860. The molecular weight excluding hydrogens is 348 g/mol. The molecule has 4 aliphatic rings. The van der Waals surface area contributed by atoms with Gasteiger partial charge in [0.2, 0.25) is 5.91 Å². The van der Waals surface area contributed by atoms with Crippen LogP contribution in [0.5, 0.6) is 0 Å². The summed E-state index contributed by atoms with van der Waals surface area (Å²) in [5.41, 5.74) is 1.33. The molecule has 3 saturated heterocycles. The molecule has 1 saturated carbocycles. The molecule has 0 unspecified atom stereocenters. The topological polar surface area (TPSA) is 41.6 Å². The van der Waals surface area contributed by atoms with Crippen LogP contribution in [0, 0.1) is 17.8 Å². The number of halogens is 1. The van der Waals surface area contributed by atoms with Crippen LogP contribution in [0.4, 0.5) is 0 Å². The highest BCUT2D eigenvalue weighted by molar-refractivity contribution is 6.30. The zero-order valence-corrected chi connectivity index (χ0v) is 15.9. The number of carbonyl (C=O) groups excluding carboxylic acids is 1. The van der Waals surface area contributed by atoms with Crippen molar-refractivity contribution in [1.82, 2.24) is 10.2 Å². The Morgan fingerprint density at radius 2 is 2.08 bits per heavy atom. The van der Waals surface area contributed by atoms with E-state index in [2.05, 4.69) is 22.3 Å². The summed E-state index contributed by atoms with van der Waals surface area (Å²) in [6, 6.07) is 8.16. The van der Waals surface area contributed by atoms with Crippen molar-refractivity contribution in [3.8, 4) is 0 Å². The van der Waals surface area contributed by atoms with Crippen molar-refractivity contribution in [2.45, 2.75) is 50.4 Å². The highest BCUT2D eigenvalue weighted by Crippen LogP contribution is 2.54. The third kappa shape index (κ3) is 2.87. The molecule has 1 aromatic carbocycles. The fourth-order valence-corrected chi connectivity index (χ4v) is 5.69. The Morgan fingerprint density at radius 3 is 2.81 bits per heavy atom. The highest BCUT2D eigenvalue weighted by atomic mass is 35.5. The SMILES string of the molecule is O=C(NC[C@H]1[C@H]2CN(Cc3ccc(Cl)cc3)C[C@]23CC[C@H]1O3)C1CCC1. The van der Waals surface area contributed by atoms with E-state index < -0.39 is 0 Å². The number of amides is 1. The minimum Gasteiger partial charge on any atom is -0.370 e. The van der Waals surface area contributed by atoms with Gasteiger partial charge in [-0.1, -0.05) is 30.2 Å². The average molecular weight is 375 g/mol. The first-order chi connectivity index (χ1) is 12.6. The summed E-state index contributed by atoms with van der Waals surface area (Å²) in [6.45, 7) is 3.83. The van der Waals surface area contributed by atoms with Crippen molar-refractivity contribution in [2.75, 3.05) is 19.6 Å². The van der Waals surface area contributed by atoms with Gasteiger partial charge in [-0.3, -0.25) is 9.69 Å². The first-order valence-electron chi connectivity index (χ1n) is 10.1. The Balaban J connectivity index is 1.23. The number of hydrogen-bond donors (Lipinski definition) is 1. The van der Waals surface area contributed by atoms with E-state index in [9.17, 15) is 4.79 Å². The largest absolute Gasteiger partial charge is 0.370 e. The molecule has 0 radical (unpaired) electrons. The summed E-state index contributed by atoms with van der Waals surface area (Å²) in [7, 11) is 0. The van der Waals surface area contributed by atoms with Gasteiger partial charge in [0.15, 0.2) is 0 Å². The maximum Gasteiger partial charge on any atom is 0.223 e. The van der Waals surface area contributed by atoms with Gasteiger partial charge in [0.05, 0.1) is 11.7 Å². The van der Waals surface area contributed by atoms with Gasteiger partial charge in [-0.25, -0.2) is 0 Å². The minimum atomic E-state index is 0.0307. The van der Waals surface area contributed by atoms with Crippen molar-refractivity contribution < 1.29 is 9.53 Å². The van der Waals surface area contributed by atoms with Crippen LogP contribution in [0.3, 0.4) is 0 Å². The van der Waals surface area contributed by atoms with E-state index in [0.717, 1.165) is 50.5 Å². The molecule has 1 amide bonds. The van der Waals surface area contributed by atoms with E-state index in [4.69, 9.17) is 16.3 Å². The second kappa shape index (κ2) is 6.50. The molecule has 1 aliphatic carbocycles. The summed E-state index contributed by atoms with van der Waals surface area (Å²) in [5.74, 6) is 1.57. The molecule has 26 heavy (non-hydrogen) atoms. The van der Waals surface area contributed by atoms with Crippen LogP contribution in [0.25, 0.3) is 0 Å². The van der Waals surface area contributed by atoms with E-state index in [1.54, 1.807) is 0 Å². The van der Waals surface area contributed by atoms with Crippen LogP contribution in [-0.2, 0) is 16.1 Å². The van der Waals surface area contributed by atoms with E-state index in [1.807, 2.05) is 12.1 Å². The van der Waals surface area contributed by atoms with Gasteiger partial charge in [-0.05, 0) is 43.4 Å². The molecule has 0 aromatic heterocycles. The van der Waals surface area contributed by atoms with E-state index >= 15 is 0 Å². The summed E-state index contributed by atoms with van der Waals surface area (Å²) in [5, 5.41) is 4.03. The summed E-state index contributed by atoms with van der Waals surface area (Å²) >= 11 is 6.00. The van der Waals surface area contributed by atoms with Gasteiger partial charge in [0.1, 0.15) is 0 Å². The number of benzene rings is 1. The van der Waals surface area contributed by atoms with Gasteiger partial charge in [0.25, 0.3) is 0 Å². The molecule has 1 spiro atoms. The van der Waals surface area contributed by atoms with Crippen molar-refractivity contribution in [2.24, 2.45) is 17.8 Å². The second-order valence-corrected chi connectivity index (χ2v) is 9.14. The number of likely N-dealkylation sites (tertiary alicyclic amines) is 1. The molecule has 140 valence electrons. The van der Waals surface area contributed by atoms with Gasteiger partial charge in [0, 0.05) is 49.0 Å². The smallest absolute Gasteiger partial charge is 0.223 e. The summed E-state index contributed by atoms with van der Waals surface area (Å²) in [6.07, 6.45) is 6.01. The predicted octanol–water partition coefficient (Wildman–Crippen LogP) is 3.24. The first-order valence-corrected chi connectivity index (χ1v) is 10.4. The lowest BCUT2D eigenvalue weighted by Crippen LogP contribution is -2.44. The Bertz CT molecular complexity index is 690. The van der Waals surface area contributed by atoms with Crippen LogP contribution in [0.2, 0.25) is 5.02 Å². The molecule has 2 bridgehead atoms. The van der Waals surface area contributed by atoms with Gasteiger partial charge >= 0.3 is 0 Å². The van der Waals surface area contributed by atoms with Gasteiger partial charge in [-0.15, -0.1) is 0 Å². The molecule has 4 atom stereocenters. The summed E-state index contributed by atoms with van der Waals surface area (Å²) < 4.78 is 6.50. The highest BCUT2D eigenvalue weighted by Gasteiger charge is 2.62.